The Bertz CT molecular complexity index is 1240. The van der Waals surface area contributed by atoms with Crippen LogP contribution in [0.15, 0.2) is 78.9 Å². The van der Waals surface area contributed by atoms with Crippen molar-refractivity contribution in [1.29, 1.82) is 0 Å². The standard InChI is InChI=1S/C27H32N2O5S/c1-27(2,3)22-14-8-10-16-24(22)33-19-18-28-26(30)20-29(35(4,31)32)23-15-9-11-17-25(23)34-21-12-6-5-7-13-21/h5-17H,18-20H2,1-4H3,(H,28,30). The highest BCUT2D eigenvalue weighted by atomic mass is 32.2. The first-order valence-electron chi connectivity index (χ1n) is 11.3. The molecular formula is C27H32N2O5S. The molecule has 3 rings (SSSR count). The first-order chi connectivity index (χ1) is 16.6. The molecule has 0 aromatic heterocycles. The van der Waals surface area contributed by atoms with Gasteiger partial charge >= 0.3 is 0 Å². The SMILES string of the molecule is CC(C)(C)c1ccccc1OCCNC(=O)CN(c1ccccc1Oc1ccccc1)S(C)(=O)=O. The van der Waals surface area contributed by atoms with E-state index < -0.39 is 15.9 Å². The van der Waals surface area contributed by atoms with Gasteiger partial charge < -0.3 is 14.8 Å². The number of amides is 1. The molecule has 0 aliphatic heterocycles. The summed E-state index contributed by atoms with van der Waals surface area (Å²) in [6.45, 7) is 6.43. The third-order valence-corrected chi connectivity index (χ3v) is 6.30. The Balaban J connectivity index is 1.65. The predicted octanol–water partition coefficient (Wildman–Crippen LogP) is 4.74. The lowest BCUT2D eigenvalue weighted by Crippen LogP contribution is -2.41. The molecule has 0 saturated carbocycles. The second kappa shape index (κ2) is 11.3. The topological polar surface area (TPSA) is 84.9 Å². The van der Waals surface area contributed by atoms with Crippen LogP contribution in [0.3, 0.4) is 0 Å². The summed E-state index contributed by atoms with van der Waals surface area (Å²) >= 11 is 0. The number of rotatable bonds is 10. The number of sulfonamides is 1. The van der Waals surface area contributed by atoms with Crippen LogP contribution in [0.25, 0.3) is 0 Å². The number of benzene rings is 3. The van der Waals surface area contributed by atoms with Crippen molar-refractivity contribution in [2.24, 2.45) is 0 Å². The van der Waals surface area contributed by atoms with Crippen LogP contribution in [0, 0.1) is 0 Å². The molecule has 0 heterocycles. The largest absolute Gasteiger partial charge is 0.491 e. The minimum Gasteiger partial charge on any atom is -0.491 e. The van der Waals surface area contributed by atoms with Gasteiger partial charge in [-0.1, -0.05) is 69.3 Å². The second-order valence-corrected chi connectivity index (χ2v) is 11.0. The highest BCUT2D eigenvalue weighted by Gasteiger charge is 2.24. The lowest BCUT2D eigenvalue weighted by molar-refractivity contribution is -0.119. The molecule has 0 atom stereocenters. The molecule has 0 saturated heterocycles. The van der Waals surface area contributed by atoms with Gasteiger partial charge in [0.25, 0.3) is 0 Å². The molecule has 1 amide bonds. The molecule has 0 fully saturated rings. The van der Waals surface area contributed by atoms with Crippen LogP contribution in [0.2, 0.25) is 0 Å². The van der Waals surface area contributed by atoms with Crippen LogP contribution in [0.4, 0.5) is 5.69 Å². The van der Waals surface area contributed by atoms with E-state index >= 15 is 0 Å². The van der Waals surface area contributed by atoms with E-state index in [1.165, 1.54) is 0 Å². The summed E-state index contributed by atoms with van der Waals surface area (Å²) in [7, 11) is -3.76. The minimum atomic E-state index is -3.76. The zero-order valence-corrected chi connectivity index (χ0v) is 21.3. The van der Waals surface area contributed by atoms with E-state index in [-0.39, 0.29) is 30.8 Å². The summed E-state index contributed by atoms with van der Waals surface area (Å²) in [5.74, 6) is 1.21. The minimum absolute atomic E-state index is 0.0783. The Morgan fingerprint density at radius 3 is 2.14 bits per heavy atom. The van der Waals surface area contributed by atoms with Crippen molar-refractivity contribution in [3.05, 3.63) is 84.4 Å². The maximum atomic E-state index is 12.7. The molecule has 0 radical (unpaired) electrons. The van der Waals surface area contributed by atoms with E-state index in [0.717, 1.165) is 21.9 Å². The lowest BCUT2D eigenvalue weighted by Gasteiger charge is -2.24. The van der Waals surface area contributed by atoms with Crippen LogP contribution in [-0.4, -0.2) is 40.3 Å². The Labute approximate surface area is 207 Å². The summed E-state index contributed by atoms with van der Waals surface area (Å²) in [5, 5.41) is 2.74. The maximum Gasteiger partial charge on any atom is 0.240 e. The number of para-hydroxylation sites is 4. The smallest absolute Gasteiger partial charge is 0.240 e. The Hall–Kier alpha value is -3.52. The van der Waals surface area contributed by atoms with Gasteiger partial charge in [-0.2, -0.15) is 0 Å². The number of carbonyl (C=O) groups excluding carboxylic acids is 1. The van der Waals surface area contributed by atoms with Crippen LogP contribution in [0.1, 0.15) is 26.3 Å². The molecule has 1 N–H and O–H groups in total. The third-order valence-electron chi connectivity index (χ3n) is 5.17. The van der Waals surface area contributed by atoms with Crippen molar-refractivity contribution in [1.82, 2.24) is 5.32 Å². The summed E-state index contributed by atoms with van der Waals surface area (Å²) in [4.78, 5) is 12.7. The summed E-state index contributed by atoms with van der Waals surface area (Å²) in [6, 6.07) is 23.6. The van der Waals surface area contributed by atoms with Crippen molar-refractivity contribution in [3.8, 4) is 17.2 Å². The van der Waals surface area contributed by atoms with E-state index in [1.54, 1.807) is 36.4 Å². The Morgan fingerprint density at radius 1 is 0.886 bits per heavy atom. The molecule has 3 aromatic carbocycles. The first kappa shape index (κ1) is 26.1. The second-order valence-electron chi connectivity index (χ2n) is 9.10. The maximum absolute atomic E-state index is 12.7. The van der Waals surface area contributed by atoms with E-state index in [9.17, 15) is 13.2 Å². The van der Waals surface area contributed by atoms with E-state index in [1.807, 2.05) is 42.5 Å². The fourth-order valence-corrected chi connectivity index (χ4v) is 4.36. The van der Waals surface area contributed by atoms with Crippen molar-refractivity contribution < 1.29 is 22.7 Å². The highest BCUT2D eigenvalue weighted by molar-refractivity contribution is 7.92. The number of anilines is 1. The van der Waals surface area contributed by atoms with Crippen molar-refractivity contribution >= 4 is 21.6 Å². The number of hydrogen-bond acceptors (Lipinski definition) is 5. The summed E-state index contributed by atoms with van der Waals surface area (Å²) < 4.78 is 38.0. The number of nitrogens with zero attached hydrogens (tertiary/aromatic N) is 1. The van der Waals surface area contributed by atoms with Gasteiger partial charge in [0.05, 0.1) is 18.5 Å². The van der Waals surface area contributed by atoms with Gasteiger partial charge in [0, 0.05) is 0 Å². The van der Waals surface area contributed by atoms with Gasteiger partial charge in [0.1, 0.15) is 24.7 Å². The van der Waals surface area contributed by atoms with Gasteiger partial charge in [0.15, 0.2) is 5.75 Å². The molecule has 0 bridgehead atoms. The predicted molar refractivity (Wildman–Crippen MR) is 139 cm³/mol. The number of nitrogens with one attached hydrogen (secondary N) is 1. The summed E-state index contributed by atoms with van der Waals surface area (Å²) in [5.41, 5.74) is 1.28. The number of carbonyl (C=O) groups is 1. The number of hydrogen-bond donors (Lipinski definition) is 1. The number of ether oxygens (including phenoxy) is 2. The highest BCUT2D eigenvalue weighted by Crippen LogP contribution is 2.33. The van der Waals surface area contributed by atoms with Crippen LogP contribution >= 0.6 is 0 Å². The molecule has 7 nitrogen and oxygen atoms in total. The molecule has 0 unspecified atom stereocenters. The van der Waals surface area contributed by atoms with Crippen molar-refractivity contribution in [3.63, 3.8) is 0 Å². The normalized spacial score (nSPS) is 11.5. The fraction of sp³-hybridized carbons (Fsp3) is 0.296. The third kappa shape index (κ3) is 7.48. The molecule has 35 heavy (non-hydrogen) atoms. The summed E-state index contributed by atoms with van der Waals surface area (Å²) in [6.07, 6.45) is 1.06. The van der Waals surface area contributed by atoms with Gasteiger partial charge in [-0.25, -0.2) is 8.42 Å². The average molecular weight is 497 g/mol. The first-order valence-corrected chi connectivity index (χ1v) is 13.2. The van der Waals surface area contributed by atoms with Gasteiger partial charge in [-0.15, -0.1) is 0 Å². The van der Waals surface area contributed by atoms with Crippen LogP contribution in [0.5, 0.6) is 17.2 Å². The van der Waals surface area contributed by atoms with Crippen LogP contribution < -0.4 is 19.1 Å². The Morgan fingerprint density at radius 2 is 1.49 bits per heavy atom. The van der Waals surface area contributed by atoms with Gasteiger partial charge in [-0.3, -0.25) is 9.10 Å². The fourth-order valence-electron chi connectivity index (χ4n) is 3.50. The monoisotopic (exact) mass is 496 g/mol. The Kier molecular flexibility index (Phi) is 8.40. The molecule has 0 spiro atoms. The molecule has 3 aromatic rings. The van der Waals surface area contributed by atoms with E-state index in [0.29, 0.717) is 11.5 Å². The molecule has 0 aliphatic rings. The molecular weight excluding hydrogens is 464 g/mol. The molecule has 0 aliphatic carbocycles. The lowest BCUT2D eigenvalue weighted by atomic mass is 9.86. The van der Waals surface area contributed by atoms with Crippen molar-refractivity contribution in [2.75, 3.05) is 30.3 Å². The van der Waals surface area contributed by atoms with Crippen molar-refractivity contribution in [2.45, 2.75) is 26.2 Å². The van der Waals surface area contributed by atoms with Crippen LogP contribution in [-0.2, 0) is 20.2 Å². The average Bonchev–Trinajstić information content (AvgIpc) is 2.80. The molecule has 186 valence electrons. The van der Waals surface area contributed by atoms with E-state index in [4.69, 9.17) is 9.47 Å². The molecule has 8 heteroatoms. The van der Waals surface area contributed by atoms with E-state index in [2.05, 4.69) is 26.1 Å². The zero-order chi connectivity index (χ0) is 25.5. The quantitative estimate of drug-likeness (QED) is 0.410. The zero-order valence-electron chi connectivity index (χ0n) is 20.5. The van der Waals surface area contributed by atoms with Gasteiger partial charge in [0.2, 0.25) is 15.9 Å². The van der Waals surface area contributed by atoms with Gasteiger partial charge in [-0.05, 0) is 41.3 Å².